The van der Waals surface area contributed by atoms with E-state index in [2.05, 4.69) is 54.9 Å². The number of benzene rings is 1. The molecule has 0 N–H and O–H groups in total. The highest BCUT2D eigenvalue weighted by atomic mass is 35.5. The van der Waals surface area contributed by atoms with E-state index in [9.17, 15) is 4.79 Å². The van der Waals surface area contributed by atoms with Crippen LogP contribution in [0.4, 0.5) is 0 Å². The fourth-order valence-electron chi connectivity index (χ4n) is 4.15. The molecule has 0 atom stereocenters. The van der Waals surface area contributed by atoms with Crippen molar-refractivity contribution in [1.82, 2.24) is 9.55 Å². The lowest BCUT2D eigenvalue weighted by atomic mass is 9.80. The fraction of sp³-hybridized carbons (Fsp3) is 0.556. The number of Topliss-reactive ketones (excluding diaryl/α,β-unsaturated/α-hetero) is 1. The van der Waals surface area contributed by atoms with Crippen molar-refractivity contribution in [1.29, 1.82) is 0 Å². The number of methoxy groups -OCH3 is 1. The average Bonchev–Trinajstić information content (AvgIpc) is 3.08. The van der Waals surface area contributed by atoms with Gasteiger partial charge in [-0.1, -0.05) is 68.4 Å². The van der Waals surface area contributed by atoms with E-state index >= 15 is 0 Å². The molecule has 0 aliphatic heterocycles. The minimum Gasteiger partial charge on any atom is -0.366 e. The van der Waals surface area contributed by atoms with Gasteiger partial charge in [0.05, 0.1) is 6.54 Å². The van der Waals surface area contributed by atoms with Gasteiger partial charge in [-0.25, -0.2) is 4.98 Å². The zero-order chi connectivity index (χ0) is 23.3. The van der Waals surface area contributed by atoms with Crippen LogP contribution in [0.5, 0.6) is 0 Å². The van der Waals surface area contributed by atoms with Crippen LogP contribution in [0, 0.1) is 30.6 Å². The average molecular weight is 455 g/mol. The Morgan fingerprint density at radius 2 is 1.88 bits per heavy atom. The number of aryl methyl sites for hydroxylation is 1. The first kappa shape index (κ1) is 24.6. The van der Waals surface area contributed by atoms with E-state index in [1.165, 1.54) is 31.2 Å². The van der Waals surface area contributed by atoms with Crippen molar-refractivity contribution < 1.29 is 9.53 Å². The summed E-state index contributed by atoms with van der Waals surface area (Å²) >= 11 is 6.52. The molecule has 2 aromatic rings. The molecular formula is C27H35ClN2O2. The summed E-state index contributed by atoms with van der Waals surface area (Å²) in [7, 11) is 1.62. The Bertz CT molecular complexity index is 987. The summed E-state index contributed by atoms with van der Waals surface area (Å²) in [6.45, 7) is 8.63. The van der Waals surface area contributed by atoms with Crippen molar-refractivity contribution in [3.05, 3.63) is 52.1 Å². The smallest absolute Gasteiger partial charge is 0.204 e. The summed E-state index contributed by atoms with van der Waals surface area (Å²) in [6, 6.07) is 8.24. The highest BCUT2D eigenvalue weighted by molar-refractivity contribution is 6.29. The Kier molecular flexibility index (Phi) is 8.20. The molecule has 1 aromatic carbocycles. The van der Waals surface area contributed by atoms with E-state index in [1.807, 2.05) is 13.8 Å². The maximum Gasteiger partial charge on any atom is 0.204 e. The number of carbonyl (C=O) groups excluding carboxylic acids is 1. The second-order valence-corrected chi connectivity index (χ2v) is 10.0. The Labute approximate surface area is 197 Å². The molecule has 172 valence electrons. The van der Waals surface area contributed by atoms with Crippen molar-refractivity contribution in [2.75, 3.05) is 7.11 Å². The van der Waals surface area contributed by atoms with Gasteiger partial charge in [0.1, 0.15) is 17.0 Å². The third-order valence-electron chi connectivity index (χ3n) is 6.55. The standard InChI is InChI=1S/C27H35ClN2O2/c1-19-6-10-21(11-7-19)14-15-24(31)25-23(16-17-27(3,4)32-5)29-26(28)30(25)18-22-12-8-20(2)9-13-22/h8-9,12-13,19,21H,6-7,10-11,14-15,18H2,1-5H3. The number of halogens is 1. The number of hydrogen-bond donors (Lipinski definition) is 0. The Hall–Kier alpha value is -2.09. The van der Waals surface area contributed by atoms with Crippen molar-refractivity contribution >= 4 is 17.4 Å². The highest BCUT2D eigenvalue weighted by Gasteiger charge is 2.25. The van der Waals surface area contributed by atoms with E-state index in [4.69, 9.17) is 16.3 Å². The van der Waals surface area contributed by atoms with Crippen molar-refractivity contribution in [3.63, 3.8) is 0 Å². The largest absolute Gasteiger partial charge is 0.366 e. The summed E-state index contributed by atoms with van der Waals surface area (Å²) in [5.74, 6) is 7.66. The molecule has 5 heteroatoms. The molecular weight excluding hydrogens is 420 g/mol. The molecule has 1 aliphatic rings. The van der Waals surface area contributed by atoms with Crippen LogP contribution in [0.2, 0.25) is 5.28 Å². The van der Waals surface area contributed by atoms with Gasteiger partial charge in [-0.15, -0.1) is 0 Å². The predicted molar refractivity (Wildman–Crippen MR) is 130 cm³/mol. The first-order chi connectivity index (χ1) is 15.2. The fourth-order valence-corrected chi connectivity index (χ4v) is 4.38. The first-order valence-corrected chi connectivity index (χ1v) is 12.0. The van der Waals surface area contributed by atoms with Crippen LogP contribution in [-0.4, -0.2) is 28.0 Å². The molecule has 0 spiro atoms. The maximum atomic E-state index is 13.4. The number of nitrogens with zero attached hydrogens (tertiary/aromatic N) is 2. The Morgan fingerprint density at radius 1 is 1.22 bits per heavy atom. The summed E-state index contributed by atoms with van der Waals surface area (Å²) in [5.41, 5.74) is 2.58. The van der Waals surface area contributed by atoms with E-state index in [-0.39, 0.29) is 5.78 Å². The van der Waals surface area contributed by atoms with Gasteiger partial charge in [0, 0.05) is 13.5 Å². The number of ether oxygens (including phenoxy) is 1. The van der Waals surface area contributed by atoms with Crippen LogP contribution in [-0.2, 0) is 11.3 Å². The van der Waals surface area contributed by atoms with Gasteiger partial charge in [-0.05, 0) is 62.1 Å². The summed E-state index contributed by atoms with van der Waals surface area (Å²) in [5, 5.41) is 0.292. The van der Waals surface area contributed by atoms with Crippen LogP contribution >= 0.6 is 11.6 Å². The number of imidazole rings is 1. The number of carbonyl (C=O) groups is 1. The number of rotatable bonds is 7. The molecule has 0 unspecified atom stereocenters. The third kappa shape index (κ3) is 6.47. The third-order valence-corrected chi connectivity index (χ3v) is 6.84. The summed E-state index contributed by atoms with van der Waals surface area (Å²) in [4.78, 5) is 17.9. The van der Waals surface area contributed by atoms with Crippen molar-refractivity contribution in [2.45, 2.75) is 78.4 Å². The van der Waals surface area contributed by atoms with Crippen molar-refractivity contribution in [2.24, 2.45) is 11.8 Å². The molecule has 1 aliphatic carbocycles. The molecule has 1 aromatic heterocycles. The Morgan fingerprint density at radius 3 is 2.50 bits per heavy atom. The van der Waals surface area contributed by atoms with Gasteiger partial charge >= 0.3 is 0 Å². The van der Waals surface area contributed by atoms with Crippen LogP contribution in [0.15, 0.2) is 24.3 Å². The van der Waals surface area contributed by atoms with Gasteiger partial charge in [-0.3, -0.25) is 4.79 Å². The molecule has 3 rings (SSSR count). The number of ketones is 1. The summed E-state index contributed by atoms with van der Waals surface area (Å²) in [6.07, 6.45) is 6.36. The lowest BCUT2D eigenvalue weighted by Crippen LogP contribution is -2.19. The predicted octanol–water partition coefficient (Wildman–Crippen LogP) is 6.46. The molecule has 1 heterocycles. The van der Waals surface area contributed by atoms with Crippen LogP contribution < -0.4 is 0 Å². The molecule has 1 fully saturated rings. The van der Waals surface area contributed by atoms with Crippen molar-refractivity contribution in [3.8, 4) is 11.8 Å². The van der Waals surface area contributed by atoms with Gasteiger partial charge in [0.2, 0.25) is 5.28 Å². The maximum absolute atomic E-state index is 13.4. The minimum absolute atomic E-state index is 0.0645. The van der Waals surface area contributed by atoms with E-state index in [0.717, 1.165) is 17.9 Å². The molecule has 1 saturated carbocycles. The monoisotopic (exact) mass is 454 g/mol. The first-order valence-electron chi connectivity index (χ1n) is 11.6. The molecule has 4 nitrogen and oxygen atoms in total. The zero-order valence-corrected chi connectivity index (χ0v) is 20.8. The molecule has 0 amide bonds. The molecule has 0 bridgehead atoms. The minimum atomic E-state index is -0.633. The van der Waals surface area contributed by atoms with Gasteiger partial charge in [0.15, 0.2) is 5.78 Å². The second-order valence-electron chi connectivity index (χ2n) is 9.70. The number of hydrogen-bond acceptors (Lipinski definition) is 3. The molecule has 32 heavy (non-hydrogen) atoms. The second kappa shape index (κ2) is 10.7. The van der Waals surface area contributed by atoms with Crippen LogP contribution in [0.1, 0.15) is 86.6 Å². The van der Waals surface area contributed by atoms with Gasteiger partial charge in [-0.2, -0.15) is 0 Å². The number of aromatic nitrogens is 2. The molecule has 0 radical (unpaired) electrons. The normalized spacial score (nSPS) is 18.8. The lowest BCUT2D eigenvalue weighted by Gasteiger charge is -2.25. The van der Waals surface area contributed by atoms with E-state index < -0.39 is 5.60 Å². The summed E-state index contributed by atoms with van der Waals surface area (Å²) < 4.78 is 7.22. The van der Waals surface area contributed by atoms with E-state index in [0.29, 0.717) is 35.6 Å². The SMILES string of the molecule is COC(C)(C)C#Cc1nc(Cl)n(Cc2ccc(C)cc2)c1C(=O)CCC1CCC(C)CC1. The highest BCUT2D eigenvalue weighted by Crippen LogP contribution is 2.32. The Balaban J connectivity index is 1.88. The van der Waals surface area contributed by atoms with Crippen LogP contribution in [0.25, 0.3) is 0 Å². The lowest BCUT2D eigenvalue weighted by molar-refractivity contribution is 0.0741. The van der Waals surface area contributed by atoms with E-state index in [1.54, 1.807) is 11.7 Å². The van der Waals surface area contributed by atoms with Gasteiger partial charge in [0.25, 0.3) is 0 Å². The van der Waals surface area contributed by atoms with Gasteiger partial charge < -0.3 is 9.30 Å². The topological polar surface area (TPSA) is 44.1 Å². The zero-order valence-electron chi connectivity index (χ0n) is 20.0. The molecule has 0 saturated heterocycles. The quantitative estimate of drug-likeness (QED) is 0.356. The van der Waals surface area contributed by atoms with Crippen LogP contribution in [0.3, 0.4) is 0 Å².